The Bertz CT molecular complexity index is 379. The first-order chi connectivity index (χ1) is 7.50. The van der Waals surface area contributed by atoms with Gasteiger partial charge in [0.05, 0.1) is 11.7 Å². The van der Waals surface area contributed by atoms with E-state index in [1.807, 2.05) is 0 Å². The zero-order valence-electron chi connectivity index (χ0n) is 8.90. The van der Waals surface area contributed by atoms with Gasteiger partial charge in [-0.3, -0.25) is 4.79 Å². The topological polar surface area (TPSA) is 69.6 Å². The summed E-state index contributed by atoms with van der Waals surface area (Å²) in [5.41, 5.74) is 0.262. The predicted octanol–water partition coefficient (Wildman–Crippen LogP) is 1.50. The molecule has 0 heterocycles. The summed E-state index contributed by atoms with van der Waals surface area (Å²) >= 11 is 2.07. The van der Waals surface area contributed by atoms with Crippen molar-refractivity contribution in [3.05, 3.63) is 27.3 Å². The molecule has 0 bridgehead atoms. The summed E-state index contributed by atoms with van der Waals surface area (Å²) < 4.78 is 0.885. The van der Waals surface area contributed by atoms with Crippen LogP contribution in [-0.2, 0) is 0 Å². The molecule has 1 unspecified atom stereocenters. The van der Waals surface area contributed by atoms with Gasteiger partial charge in [0.15, 0.2) is 0 Å². The first-order valence-electron chi connectivity index (χ1n) is 4.95. The molecule has 16 heavy (non-hydrogen) atoms. The highest BCUT2D eigenvalue weighted by molar-refractivity contribution is 14.1. The van der Waals surface area contributed by atoms with Gasteiger partial charge in [-0.15, -0.1) is 0 Å². The Morgan fingerprint density at radius 2 is 2.25 bits per heavy atom. The van der Waals surface area contributed by atoms with Crippen LogP contribution in [0.2, 0.25) is 0 Å². The van der Waals surface area contributed by atoms with E-state index in [0.29, 0.717) is 13.0 Å². The van der Waals surface area contributed by atoms with Crippen molar-refractivity contribution in [2.45, 2.75) is 19.4 Å². The van der Waals surface area contributed by atoms with Gasteiger partial charge in [0.25, 0.3) is 5.91 Å². The zero-order chi connectivity index (χ0) is 12.1. The van der Waals surface area contributed by atoms with E-state index >= 15 is 0 Å². The van der Waals surface area contributed by atoms with Crippen LogP contribution in [0.4, 0.5) is 0 Å². The number of aliphatic hydroxyl groups excluding tert-OH is 1. The lowest BCUT2D eigenvalue weighted by Gasteiger charge is -2.08. The number of amides is 1. The van der Waals surface area contributed by atoms with Crippen molar-refractivity contribution in [2.24, 2.45) is 0 Å². The molecular weight excluding hydrogens is 321 g/mol. The van der Waals surface area contributed by atoms with Gasteiger partial charge in [-0.1, -0.05) is 0 Å². The molecule has 1 rings (SSSR count). The Morgan fingerprint density at radius 3 is 2.88 bits per heavy atom. The fourth-order valence-electron chi connectivity index (χ4n) is 1.18. The Kier molecular flexibility index (Phi) is 5.01. The molecule has 5 heteroatoms. The molecule has 0 saturated heterocycles. The molecule has 0 radical (unpaired) electrons. The summed E-state index contributed by atoms with van der Waals surface area (Å²) in [5.74, 6) is -0.355. The number of aliphatic hydroxyl groups is 1. The van der Waals surface area contributed by atoms with Crippen molar-refractivity contribution in [1.29, 1.82) is 0 Å². The summed E-state index contributed by atoms with van der Waals surface area (Å²) in [6.07, 6.45) is 0.0565. The van der Waals surface area contributed by atoms with Gasteiger partial charge >= 0.3 is 0 Å². The van der Waals surface area contributed by atoms with Crippen LogP contribution in [-0.4, -0.2) is 28.8 Å². The van der Waals surface area contributed by atoms with Crippen LogP contribution in [0.25, 0.3) is 0 Å². The molecule has 1 aromatic carbocycles. The second kappa shape index (κ2) is 6.05. The van der Waals surface area contributed by atoms with E-state index in [2.05, 4.69) is 27.9 Å². The minimum atomic E-state index is -0.440. The first kappa shape index (κ1) is 13.2. The van der Waals surface area contributed by atoms with Gasteiger partial charge in [-0.2, -0.15) is 0 Å². The van der Waals surface area contributed by atoms with Crippen LogP contribution in [0.5, 0.6) is 5.75 Å². The SMILES string of the molecule is CC(O)CCNC(=O)c1cc(I)ccc1O. The van der Waals surface area contributed by atoms with E-state index in [0.717, 1.165) is 3.57 Å². The lowest BCUT2D eigenvalue weighted by molar-refractivity contribution is 0.0943. The molecule has 3 N–H and O–H groups in total. The largest absolute Gasteiger partial charge is 0.507 e. The quantitative estimate of drug-likeness (QED) is 0.731. The normalized spacial score (nSPS) is 12.2. The number of phenolic OH excluding ortho intramolecular Hbond substituents is 1. The second-order valence-electron chi connectivity index (χ2n) is 3.56. The number of benzene rings is 1. The van der Waals surface area contributed by atoms with Crippen LogP contribution in [0.15, 0.2) is 18.2 Å². The molecule has 0 spiro atoms. The van der Waals surface area contributed by atoms with Crippen LogP contribution in [0, 0.1) is 3.57 Å². The van der Waals surface area contributed by atoms with Gasteiger partial charge in [0.2, 0.25) is 0 Å². The molecule has 1 aromatic rings. The summed E-state index contributed by atoms with van der Waals surface area (Å²) in [7, 11) is 0. The average molecular weight is 335 g/mol. The summed E-state index contributed by atoms with van der Waals surface area (Å²) in [6.45, 7) is 2.05. The Hall–Kier alpha value is -0.820. The number of rotatable bonds is 4. The molecule has 0 aliphatic rings. The van der Waals surface area contributed by atoms with Crippen LogP contribution >= 0.6 is 22.6 Å². The molecule has 0 aromatic heterocycles. The van der Waals surface area contributed by atoms with Crippen LogP contribution in [0.1, 0.15) is 23.7 Å². The molecule has 4 nitrogen and oxygen atoms in total. The van der Waals surface area contributed by atoms with Crippen LogP contribution < -0.4 is 5.32 Å². The standard InChI is InChI=1S/C11H14INO3/c1-7(14)4-5-13-11(16)9-6-8(12)2-3-10(9)15/h2-3,6-7,14-15H,4-5H2,1H3,(H,13,16). The number of carbonyl (C=O) groups is 1. The third kappa shape index (κ3) is 3.97. The molecule has 1 amide bonds. The average Bonchev–Trinajstić information content (AvgIpc) is 2.21. The van der Waals surface area contributed by atoms with Gasteiger partial charge in [-0.05, 0) is 54.1 Å². The number of hydrogen-bond acceptors (Lipinski definition) is 3. The van der Waals surface area contributed by atoms with Crippen molar-refractivity contribution in [2.75, 3.05) is 6.54 Å². The smallest absolute Gasteiger partial charge is 0.255 e. The van der Waals surface area contributed by atoms with E-state index in [1.54, 1.807) is 19.1 Å². The highest BCUT2D eigenvalue weighted by Gasteiger charge is 2.11. The lowest BCUT2D eigenvalue weighted by atomic mass is 10.2. The Labute approximate surface area is 108 Å². The van der Waals surface area contributed by atoms with E-state index in [4.69, 9.17) is 5.11 Å². The van der Waals surface area contributed by atoms with Gasteiger partial charge < -0.3 is 15.5 Å². The molecular formula is C11H14INO3. The molecule has 88 valence electrons. The Balaban J connectivity index is 2.62. The maximum atomic E-state index is 11.6. The number of phenols is 1. The fourth-order valence-corrected chi connectivity index (χ4v) is 1.67. The number of hydrogen-bond donors (Lipinski definition) is 3. The summed E-state index contributed by atoms with van der Waals surface area (Å²) in [5, 5.41) is 21.2. The molecule has 0 saturated carbocycles. The van der Waals surface area contributed by atoms with Gasteiger partial charge in [0, 0.05) is 10.1 Å². The number of nitrogens with one attached hydrogen (secondary N) is 1. The maximum absolute atomic E-state index is 11.6. The first-order valence-corrected chi connectivity index (χ1v) is 6.03. The van der Waals surface area contributed by atoms with Gasteiger partial charge in [0.1, 0.15) is 5.75 Å². The van der Waals surface area contributed by atoms with E-state index in [9.17, 15) is 9.90 Å². The molecule has 0 aliphatic heterocycles. The number of carbonyl (C=O) groups excluding carboxylic acids is 1. The highest BCUT2D eigenvalue weighted by atomic mass is 127. The molecule has 1 atom stereocenters. The highest BCUT2D eigenvalue weighted by Crippen LogP contribution is 2.19. The molecule has 0 fully saturated rings. The van der Waals surface area contributed by atoms with Gasteiger partial charge in [-0.25, -0.2) is 0 Å². The number of aromatic hydroxyl groups is 1. The van der Waals surface area contributed by atoms with E-state index in [-0.39, 0.29) is 17.2 Å². The van der Waals surface area contributed by atoms with Crippen molar-refractivity contribution in [1.82, 2.24) is 5.32 Å². The van der Waals surface area contributed by atoms with Crippen molar-refractivity contribution < 1.29 is 15.0 Å². The lowest BCUT2D eigenvalue weighted by Crippen LogP contribution is -2.26. The second-order valence-corrected chi connectivity index (χ2v) is 4.80. The minimum Gasteiger partial charge on any atom is -0.507 e. The third-order valence-electron chi connectivity index (χ3n) is 2.05. The van der Waals surface area contributed by atoms with E-state index < -0.39 is 6.10 Å². The van der Waals surface area contributed by atoms with E-state index in [1.165, 1.54) is 6.07 Å². The fraction of sp³-hybridized carbons (Fsp3) is 0.364. The molecule has 0 aliphatic carbocycles. The van der Waals surface area contributed by atoms with Crippen molar-refractivity contribution >= 4 is 28.5 Å². The van der Waals surface area contributed by atoms with Crippen LogP contribution in [0.3, 0.4) is 0 Å². The predicted molar refractivity (Wildman–Crippen MR) is 69.5 cm³/mol. The third-order valence-corrected chi connectivity index (χ3v) is 2.72. The monoisotopic (exact) mass is 335 g/mol. The minimum absolute atomic E-state index is 0.0324. The van der Waals surface area contributed by atoms with Crippen molar-refractivity contribution in [3.63, 3.8) is 0 Å². The zero-order valence-corrected chi connectivity index (χ0v) is 11.1. The summed E-state index contributed by atoms with van der Waals surface area (Å²) in [6, 6.07) is 4.83. The maximum Gasteiger partial charge on any atom is 0.255 e. The Morgan fingerprint density at radius 1 is 1.56 bits per heavy atom. The number of halogens is 1. The summed E-state index contributed by atoms with van der Waals surface area (Å²) in [4.78, 5) is 11.6. The van der Waals surface area contributed by atoms with Crippen molar-refractivity contribution in [3.8, 4) is 5.75 Å².